The lowest BCUT2D eigenvalue weighted by Gasteiger charge is -2.12. The molecule has 0 amide bonds. The molecular formula is C23H27N3. The third kappa shape index (κ3) is 3.03. The van der Waals surface area contributed by atoms with Gasteiger partial charge >= 0.3 is 0 Å². The molecule has 0 aliphatic carbocycles. The van der Waals surface area contributed by atoms with Gasteiger partial charge in [0.2, 0.25) is 0 Å². The average Bonchev–Trinajstić information content (AvgIpc) is 2.78. The molecule has 0 saturated heterocycles. The lowest BCUT2D eigenvalue weighted by molar-refractivity contribution is 0.779. The van der Waals surface area contributed by atoms with E-state index in [1.54, 1.807) is 0 Å². The van der Waals surface area contributed by atoms with Crippen molar-refractivity contribution in [2.45, 2.75) is 47.0 Å². The van der Waals surface area contributed by atoms with Gasteiger partial charge in [0.05, 0.1) is 11.4 Å². The number of rotatable bonds is 2. The topological polar surface area (TPSA) is 29.9 Å². The van der Waals surface area contributed by atoms with Crippen LogP contribution in [0.25, 0.3) is 16.9 Å². The molecular weight excluding hydrogens is 318 g/mol. The van der Waals surface area contributed by atoms with Crippen molar-refractivity contribution in [2.75, 3.05) is 11.9 Å². The van der Waals surface area contributed by atoms with E-state index in [0.717, 1.165) is 18.7 Å². The Morgan fingerprint density at radius 2 is 1.65 bits per heavy atom. The Labute approximate surface area is 156 Å². The zero-order chi connectivity index (χ0) is 18.3. The zero-order valence-electron chi connectivity index (χ0n) is 16.2. The lowest BCUT2D eigenvalue weighted by Crippen LogP contribution is -2.08. The fourth-order valence-electron chi connectivity index (χ4n) is 3.97. The van der Waals surface area contributed by atoms with Gasteiger partial charge < -0.3 is 5.32 Å². The van der Waals surface area contributed by atoms with E-state index < -0.39 is 0 Å². The molecule has 3 aromatic rings. The van der Waals surface area contributed by atoms with Gasteiger partial charge in [0.15, 0.2) is 0 Å². The molecule has 1 N–H and O–H groups in total. The van der Waals surface area contributed by atoms with Crippen LogP contribution in [0.2, 0.25) is 0 Å². The van der Waals surface area contributed by atoms with E-state index in [4.69, 9.17) is 5.10 Å². The third-order valence-corrected chi connectivity index (χ3v) is 5.22. The van der Waals surface area contributed by atoms with Crippen LogP contribution in [0.4, 0.5) is 5.82 Å². The maximum atomic E-state index is 5.11. The van der Waals surface area contributed by atoms with Gasteiger partial charge in [0, 0.05) is 17.7 Å². The van der Waals surface area contributed by atoms with Gasteiger partial charge in [-0.3, -0.25) is 0 Å². The summed E-state index contributed by atoms with van der Waals surface area (Å²) in [4.78, 5) is 0. The van der Waals surface area contributed by atoms with Gasteiger partial charge in [-0.15, -0.1) is 0 Å². The lowest BCUT2D eigenvalue weighted by atomic mass is 10.00. The third-order valence-electron chi connectivity index (χ3n) is 5.22. The number of hydrogen-bond donors (Lipinski definition) is 1. The molecule has 0 bridgehead atoms. The fourth-order valence-corrected chi connectivity index (χ4v) is 3.97. The molecule has 0 spiro atoms. The molecule has 134 valence electrons. The van der Waals surface area contributed by atoms with Crippen LogP contribution in [0.3, 0.4) is 0 Å². The Morgan fingerprint density at radius 3 is 2.42 bits per heavy atom. The second kappa shape index (κ2) is 6.64. The number of fused-ring (bicyclic) bond motifs is 1. The van der Waals surface area contributed by atoms with E-state index in [1.807, 2.05) is 0 Å². The van der Waals surface area contributed by atoms with Crippen LogP contribution in [0.5, 0.6) is 0 Å². The first kappa shape index (κ1) is 16.9. The highest BCUT2D eigenvalue weighted by molar-refractivity contribution is 5.72. The minimum Gasteiger partial charge on any atom is -0.370 e. The Morgan fingerprint density at radius 1 is 0.885 bits per heavy atom. The number of hydrogen-bond acceptors (Lipinski definition) is 2. The van der Waals surface area contributed by atoms with Gasteiger partial charge in [-0.2, -0.15) is 5.10 Å². The minimum atomic E-state index is 1.01. The van der Waals surface area contributed by atoms with E-state index in [0.29, 0.717) is 0 Å². The van der Waals surface area contributed by atoms with Crippen molar-refractivity contribution in [2.24, 2.45) is 0 Å². The molecule has 0 saturated carbocycles. The van der Waals surface area contributed by atoms with Gasteiger partial charge in [0.25, 0.3) is 0 Å². The Hall–Kier alpha value is -2.55. The summed E-state index contributed by atoms with van der Waals surface area (Å²) in [6.45, 7) is 9.64. The minimum absolute atomic E-state index is 1.01. The van der Waals surface area contributed by atoms with Crippen LogP contribution in [-0.4, -0.2) is 16.3 Å². The normalized spacial score (nSPS) is 13.8. The molecule has 0 fully saturated rings. The van der Waals surface area contributed by atoms with Crippen molar-refractivity contribution >= 4 is 5.82 Å². The van der Waals surface area contributed by atoms with E-state index in [-0.39, 0.29) is 0 Å². The Balaban J connectivity index is 1.96. The molecule has 1 aliphatic rings. The summed E-state index contributed by atoms with van der Waals surface area (Å²) in [5.41, 5.74) is 9.97. The molecule has 3 heteroatoms. The summed E-state index contributed by atoms with van der Waals surface area (Å²) >= 11 is 0. The first-order valence-electron chi connectivity index (χ1n) is 9.55. The number of anilines is 1. The number of benzene rings is 2. The molecule has 0 unspecified atom stereocenters. The number of aromatic nitrogens is 2. The van der Waals surface area contributed by atoms with Gasteiger partial charge in [-0.05, 0) is 76.3 Å². The van der Waals surface area contributed by atoms with Crippen LogP contribution < -0.4 is 5.32 Å². The van der Waals surface area contributed by atoms with Crippen LogP contribution in [0.15, 0.2) is 36.4 Å². The first-order valence-corrected chi connectivity index (χ1v) is 9.55. The highest BCUT2D eigenvalue weighted by Crippen LogP contribution is 2.35. The molecule has 2 heterocycles. The van der Waals surface area contributed by atoms with E-state index in [2.05, 4.69) is 74.1 Å². The maximum Gasteiger partial charge on any atom is 0.133 e. The second-order valence-electron chi connectivity index (χ2n) is 7.64. The Kier molecular flexibility index (Phi) is 4.31. The average molecular weight is 345 g/mol. The van der Waals surface area contributed by atoms with Crippen LogP contribution in [0, 0.1) is 27.7 Å². The van der Waals surface area contributed by atoms with E-state index in [9.17, 15) is 0 Å². The second-order valence-corrected chi connectivity index (χ2v) is 7.64. The summed E-state index contributed by atoms with van der Waals surface area (Å²) < 4.78 is 2.13. The number of nitrogens with zero attached hydrogens (tertiary/aromatic N) is 2. The highest BCUT2D eigenvalue weighted by atomic mass is 15.3. The Bertz CT molecular complexity index is 946. The standard InChI is InChI=1S/C23H27N3/c1-15-8-9-18(4)21(14-15)26-23-20(7-5-6-10-24-23)22(25-26)19-12-16(2)11-17(3)13-19/h8-9,11-14,24H,5-7,10H2,1-4H3. The SMILES string of the molecule is Cc1cc(C)cc(-c2nn(-c3cc(C)ccc3C)c3c2CCCCN3)c1. The molecule has 0 atom stereocenters. The molecule has 2 aromatic carbocycles. The molecule has 1 aliphatic heterocycles. The summed E-state index contributed by atoms with van der Waals surface area (Å²) in [5, 5.41) is 8.77. The van der Waals surface area contributed by atoms with Gasteiger partial charge in [-0.25, -0.2) is 4.68 Å². The van der Waals surface area contributed by atoms with Crippen molar-refractivity contribution in [3.63, 3.8) is 0 Å². The summed E-state index contributed by atoms with van der Waals surface area (Å²) in [7, 11) is 0. The first-order chi connectivity index (χ1) is 12.5. The van der Waals surface area contributed by atoms with Gasteiger partial charge in [-0.1, -0.05) is 29.3 Å². The summed E-state index contributed by atoms with van der Waals surface area (Å²) in [6, 6.07) is 13.3. The molecule has 3 nitrogen and oxygen atoms in total. The van der Waals surface area contributed by atoms with Crippen molar-refractivity contribution < 1.29 is 0 Å². The van der Waals surface area contributed by atoms with E-state index >= 15 is 0 Å². The number of nitrogens with one attached hydrogen (secondary N) is 1. The fraction of sp³-hybridized carbons (Fsp3) is 0.348. The maximum absolute atomic E-state index is 5.11. The van der Waals surface area contributed by atoms with Crippen molar-refractivity contribution in [3.05, 3.63) is 64.2 Å². The summed E-state index contributed by atoms with van der Waals surface area (Å²) in [5.74, 6) is 1.17. The smallest absolute Gasteiger partial charge is 0.133 e. The highest BCUT2D eigenvalue weighted by Gasteiger charge is 2.22. The zero-order valence-corrected chi connectivity index (χ0v) is 16.2. The van der Waals surface area contributed by atoms with Crippen molar-refractivity contribution in [3.8, 4) is 16.9 Å². The largest absolute Gasteiger partial charge is 0.370 e. The number of aryl methyl sites for hydroxylation is 4. The quantitative estimate of drug-likeness (QED) is 0.662. The molecule has 4 rings (SSSR count). The van der Waals surface area contributed by atoms with Crippen LogP contribution in [-0.2, 0) is 6.42 Å². The van der Waals surface area contributed by atoms with Crippen LogP contribution in [0.1, 0.15) is 40.7 Å². The van der Waals surface area contributed by atoms with Crippen molar-refractivity contribution in [1.29, 1.82) is 0 Å². The molecule has 0 radical (unpaired) electrons. The summed E-state index contributed by atoms with van der Waals surface area (Å²) in [6.07, 6.45) is 3.49. The van der Waals surface area contributed by atoms with E-state index in [1.165, 1.54) is 57.7 Å². The monoisotopic (exact) mass is 345 g/mol. The predicted octanol–water partition coefficient (Wildman–Crippen LogP) is 5.52. The van der Waals surface area contributed by atoms with Gasteiger partial charge in [0.1, 0.15) is 5.82 Å². The predicted molar refractivity (Wildman–Crippen MR) is 109 cm³/mol. The molecule has 26 heavy (non-hydrogen) atoms. The van der Waals surface area contributed by atoms with Crippen molar-refractivity contribution in [1.82, 2.24) is 9.78 Å². The molecule has 1 aromatic heterocycles. The van der Waals surface area contributed by atoms with Crippen LogP contribution >= 0.6 is 0 Å².